The van der Waals surface area contributed by atoms with Crippen LogP contribution in [-0.4, -0.2) is 18.1 Å². The fourth-order valence-corrected chi connectivity index (χ4v) is 2.56. The van der Waals surface area contributed by atoms with Crippen LogP contribution < -0.4 is 4.74 Å². The van der Waals surface area contributed by atoms with Gasteiger partial charge >= 0.3 is 0 Å². The third-order valence-corrected chi connectivity index (χ3v) is 3.91. The molecule has 0 radical (unpaired) electrons. The summed E-state index contributed by atoms with van der Waals surface area (Å²) in [4.78, 5) is 0. The fraction of sp³-hybridized carbons (Fsp3) is 0.538. The fourth-order valence-electron chi connectivity index (χ4n) is 1.50. The standard InChI is InChI=1S/C13H19BrOS/c1-3-16-9-5-8-15-13-11(2)6-4-7-12(13)10-14/h4,6-7H,3,5,8-10H2,1-2H3. The molecular weight excluding hydrogens is 284 g/mol. The Morgan fingerprint density at radius 3 is 2.88 bits per heavy atom. The van der Waals surface area contributed by atoms with Gasteiger partial charge in [-0.2, -0.15) is 11.8 Å². The molecule has 90 valence electrons. The van der Waals surface area contributed by atoms with Gasteiger partial charge in [-0.1, -0.05) is 41.1 Å². The molecule has 1 rings (SSSR count). The van der Waals surface area contributed by atoms with Gasteiger partial charge in [0.25, 0.3) is 0 Å². The number of halogens is 1. The first kappa shape index (κ1) is 13.9. The van der Waals surface area contributed by atoms with Crippen LogP contribution in [0, 0.1) is 6.92 Å². The van der Waals surface area contributed by atoms with Crippen molar-refractivity contribution in [2.24, 2.45) is 0 Å². The SMILES string of the molecule is CCSCCCOc1c(C)cccc1CBr. The van der Waals surface area contributed by atoms with Crippen molar-refractivity contribution in [3.05, 3.63) is 29.3 Å². The predicted molar refractivity (Wildman–Crippen MR) is 76.9 cm³/mol. The number of alkyl halides is 1. The van der Waals surface area contributed by atoms with Crippen molar-refractivity contribution in [3.8, 4) is 5.75 Å². The number of thioether (sulfide) groups is 1. The van der Waals surface area contributed by atoms with Crippen molar-refractivity contribution in [1.29, 1.82) is 0 Å². The highest BCUT2D eigenvalue weighted by Crippen LogP contribution is 2.25. The van der Waals surface area contributed by atoms with Crippen LogP contribution in [0.3, 0.4) is 0 Å². The number of rotatable bonds is 7. The van der Waals surface area contributed by atoms with Crippen LogP contribution in [0.4, 0.5) is 0 Å². The summed E-state index contributed by atoms with van der Waals surface area (Å²) in [5.41, 5.74) is 2.46. The summed E-state index contributed by atoms with van der Waals surface area (Å²) in [6, 6.07) is 6.28. The molecule has 0 bridgehead atoms. The molecule has 0 amide bonds. The third kappa shape index (κ3) is 4.38. The molecule has 0 spiro atoms. The lowest BCUT2D eigenvalue weighted by Crippen LogP contribution is -2.02. The number of ether oxygens (including phenoxy) is 1. The molecule has 0 aliphatic heterocycles. The second kappa shape index (κ2) is 8.02. The van der Waals surface area contributed by atoms with Crippen LogP contribution in [0.15, 0.2) is 18.2 Å². The molecule has 3 heteroatoms. The molecule has 0 fully saturated rings. The smallest absolute Gasteiger partial charge is 0.126 e. The Morgan fingerprint density at radius 1 is 1.38 bits per heavy atom. The van der Waals surface area contributed by atoms with Gasteiger partial charge < -0.3 is 4.74 Å². The lowest BCUT2D eigenvalue weighted by molar-refractivity contribution is 0.314. The van der Waals surface area contributed by atoms with Gasteiger partial charge in [-0.25, -0.2) is 0 Å². The zero-order valence-electron chi connectivity index (χ0n) is 9.96. The first-order valence-electron chi connectivity index (χ1n) is 5.64. The highest BCUT2D eigenvalue weighted by atomic mass is 79.9. The molecule has 0 saturated carbocycles. The summed E-state index contributed by atoms with van der Waals surface area (Å²) in [6.45, 7) is 5.11. The van der Waals surface area contributed by atoms with Crippen molar-refractivity contribution in [3.63, 3.8) is 0 Å². The molecule has 0 saturated heterocycles. The van der Waals surface area contributed by atoms with E-state index in [1.54, 1.807) is 0 Å². The molecule has 1 nitrogen and oxygen atoms in total. The van der Waals surface area contributed by atoms with Crippen LogP contribution >= 0.6 is 27.7 Å². The average molecular weight is 303 g/mol. The van der Waals surface area contributed by atoms with Gasteiger partial charge in [-0.05, 0) is 30.4 Å². The van der Waals surface area contributed by atoms with E-state index in [-0.39, 0.29) is 0 Å². The largest absolute Gasteiger partial charge is 0.493 e. The minimum atomic E-state index is 0.817. The van der Waals surface area contributed by atoms with E-state index in [1.165, 1.54) is 22.6 Å². The maximum absolute atomic E-state index is 5.86. The Balaban J connectivity index is 2.46. The van der Waals surface area contributed by atoms with Gasteiger partial charge in [0, 0.05) is 10.9 Å². The minimum Gasteiger partial charge on any atom is -0.493 e. The Bertz CT molecular complexity index is 315. The first-order valence-corrected chi connectivity index (χ1v) is 7.92. The van der Waals surface area contributed by atoms with E-state index < -0.39 is 0 Å². The van der Waals surface area contributed by atoms with E-state index in [1.807, 2.05) is 11.8 Å². The number of benzene rings is 1. The Kier molecular flexibility index (Phi) is 6.97. The molecule has 0 N–H and O–H groups in total. The molecular formula is C13H19BrOS. The molecule has 1 aromatic rings. The first-order chi connectivity index (χ1) is 7.79. The monoisotopic (exact) mass is 302 g/mol. The Morgan fingerprint density at radius 2 is 2.19 bits per heavy atom. The Hall–Kier alpha value is -0.150. The van der Waals surface area contributed by atoms with Crippen molar-refractivity contribution in [2.75, 3.05) is 18.1 Å². The van der Waals surface area contributed by atoms with Gasteiger partial charge in [0.2, 0.25) is 0 Å². The molecule has 0 aromatic heterocycles. The van der Waals surface area contributed by atoms with Gasteiger partial charge in [0.05, 0.1) is 6.61 Å². The van der Waals surface area contributed by atoms with Gasteiger partial charge in [0.15, 0.2) is 0 Å². The molecule has 0 atom stereocenters. The van der Waals surface area contributed by atoms with Crippen LogP contribution in [0.25, 0.3) is 0 Å². The zero-order chi connectivity index (χ0) is 11.8. The van der Waals surface area contributed by atoms with E-state index in [0.717, 1.165) is 24.1 Å². The summed E-state index contributed by atoms with van der Waals surface area (Å²) in [7, 11) is 0. The second-order valence-electron chi connectivity index (χ2n) is 3.60. The number of para-hydroxylation sites is 1. The van der Waals surface area contributed by atoms with E-state index in [9.17, 15) is 0 Å². The van der Waals surface area contributed by atoms with Gasteiger partial charge in [0.1, 0.15) is 5.75 Å². The van der Waals surface area contributed by atoms with Crippen molar-refractivity contribution < 1.29 is 4.74 Å². The van der Waals surface area contributed by atoms with E-state index in [2.05, 4.69) is 48.0 Å². The van der Waals surface area contributed by atoms with Crippen LogP contribution in [-0.2, 0) is 5.33 Å². The number of aryl methyl sites for hydroxylation is 1. The van der Waals surface area contributed by atoms with Crippen molar-refractivity contribution in [1.82, 2.24) is 0 Å². The zero-order valence-corrected chi connectivity index (χ0v) is 12.4. The maximum Gasteiger partial charge on any atom is 0.126 e. The van der Waals surface area contributed by atoms with Crippen LogP contribution in [0.2, 0.25) is 0 Å². The molecule has 0 aliphatic carbocycles. The summed E-state index contributed by atoms with van der Waals surface area (Å²) < 4.78 is 5.86. The second-order valence-corrected chi connectivity index (χ2v) is 5.55. The van der Waals surface area contributed by atoms with Gasteiger partial charge in [-0.3, -0.25) is 0 Å². The summed E-state index contributed by atoms with van der Waals surface area (Å²) >= 11 is 5.46. The van der Waals surface area contributed by atoms with Crippen LogP contribution in [0.1, 0.15) is 24.5 Å². The number of hydrogen-bond donors (Lipinski definition) is 0. The Labute approximate surface area is 111 Å². The summed E-state index contributed by atoms with van der Waals surface area (Å²) in [5.74, 6) is 3.43. The lowest BCUT2D eigenvalue weighted by Gasteiger charge is -2.12. The minimum absolute atomic E-state index is 0.817. The van der Waals surface area contributed by atoms with E-state index in [0.29, 0.717) is 0 Å². The van der Waals surface area contributed by atoms with E-state index >= 15 is 0 Å². The molecule has 0 heterocycles. The normalized spacial score (nSPS) is 10.4. The highest BCUT2D eigenvalue weighted by molar-refractivity contribution is 9.08. The maximum atomic E-state index is 5.86. The lowest BCUT2D eigenvalue weighted by atomic mass is 10.1. The molecule has 16 heavy (non-hydrogen) atoms. The molecule has 0 unspecified atom stereocenters. The van der Waals surface area contributed by atoms with E-state index in [4.69, 9.17) is 4.74 Å². The highest BCUT2D eigenvalue weighted by Gasteiger charge is 2.05. The van der Waals surface area contributed by atoms with Crippen molar-refractivity contribution in [2.45, 2.75) is 25.6 Å². The summed E-state index contributed by atoms with van der Waals surface area (Å²) in [5, 5.41) is 0.855. The average Bonchev–Trinajstić information content (AvgIpc) is 2.30. The summed E-state index contributed by atoms with van der Waals surface area (Å²) in [6.07, 6.45) is 1.12. The van der Waals surface area contributed by atoms with Crippen LogP contribution in [0.5, 0.6) is 5.75 Å². The topological polar surface area (TPSA) is 9.23 Å². The predicted octanol–water partition coefficient (Wildman–Crippen LogP) is 4.41. The molecule has 0 aliphatic rings. The number of hydrogen-bond acceptors (Lipinski definition) is 2. The van der Waals surface area contributed by atoms with Gasteiger partial charge in [-0.15, -0.1) is 0 Å². The molecule has 1 aromatic carbocycles. The van der Waals surface area contributed by atoms with Crippen molar-refractivity contribution >= 4 is 27.7 Å². The quantitative estimate of drug-likeness (QED) is 0.545. The third-order valence-electron chi connectivity index (χ3n) is 2.32.